The van der Waals surface area contributed by atoms with Gasteiger partial charge in [0.05, 0.1) is 50.1 Å². The number of nitrogens with one attached hydrogen (secondary N) is 1. The molecule has 164 valence electrons. The van der Waals surface area contributed by atoms with E-state index in [1.165, 1.54) is 12.1 Å². The molecule has 2 aromatic carbocycles. The molecule has 4 aromatic rings. The molecule has 0 bridgehead atoms. The van der Waals surface area contributed by atoms with E-state index in [2.05, 4.69) is 15.3 Å². The number of aromatic amines is 1. The number of hydrogen-bond acceptors (Lipinski definition) is 6. The predicted molar refractivity (Wildman–Crippen MR) is 114 cm³/mol. The molecule has 1 atom stereocenters. The third-order valence-corrected chi connectivity index (χ3v) is 5.72. The third-order valence-electron chi connectivity index (χ3n) is 5.72. The number of methoxy groups -OCH3 is 1. The molecule has 5 rings (SSSR count). The Balaban J connectivity index is 1.53. The molecule has 0 spiro atoms. The molecule has 0 radical (unpaired) electrons. The summed E-state index contributed by atoms with van der Waals surface area (Å²) in [7, 11) is 1.55. The molecule has 3 heterocycles. The van der Waals surface area contributed by atoms with E-state index in [0.717, 1.165) is 11.1 Å². The predicted octanol–water partition coefficient (Wildman–Crippen LogP) is 3.00. The van der Waals surface area contributed by atoms with Gasteiger partial charge in [0.25, 0.3) is 0 Å². The lowest BCUT2D eigenvalue weighted by Gasteiger charge is -2.23. The van der Waals surface area contributed by atoms with Gasteiger partial charge in [-0.1, -0.05) is 6.07 Å². The maximum atomic E-state index is 13.7. The van der Waals surface area contributed by atoms with Crippen molar-refractivity contribution < 1.29 is 23.8 Å². The highest BCUT2D eigenvalue weighted by Gasteiger charge is 2.30. The average Bonchev–Trinajstić information content (AvgIpc) is 3.43. The van der Waals surface area contributed by atoms with Crippen LogP contribution in [0.25, 0.3) is 22.0 Å². The van der Waals surface area contributed by atoms with E-state index in [1.54, 1.807) is 24.1 Å². The molecule has 0 amide bonds. The van der Waals surface area contributed by atoms with Crippen molar-refractivity contribution in [2.45, 2.75) is 13.0 Å². The van der Waals surface area contributed by atoms with Crippen LogP contribution in [0.3, 0.4) is 0 Å². The van der Waals surface area contributed by atoms with Crippen LogP contribution < -0.4 is 9.47 Å². The minimum Gasteiger partial charge on any atom is -0.493 e. The number of hydrogen-bond donors (Lipinski definition) is 2. The number of carbonyl (C=O) groups is 1. The number of aliphatic hydroxyl groups is 1. The molecule has 2 aromatic heterocycles. The van der Waals surface area contributed by atoms with Gasteiger partial charge >= 0.3 is 0 Å². The third kappa shape index (κ3) is 3.40. The quantitative estimate of drug-likeness (QED) is 0.451. The highest BCUT2D eigenvalue weighted by molar-refractivity contribution is 6.08. The fraction of sp³-hybridized carbons (Fsp3) is 0.261. The van der Waals surface area contributed by atoms with Gasteiger partial charge in [0.1, 0.15) is 17.3 Å². The number of ether oxygens (including phenoxy) is 2. The molecule has 0 fully saturated rings. The maximum absolute atomic E-state index is 13.7. The van der Waals surface area contributed by atoms with Crippen molar-refractivity contribution in [1.82, 2.24) is 20.0 Å². The fourth-order valence-corrected chi connectivity index (χ4v) is 4.15. The molecule has 2 N–H and O–H groups in total. The van der Waals surface area contributed by atoms with E-state index < -0.39 is 5.92 Å². The Morgan fingerprint density at radius 1 is 1.34 bits per heavy atom. The standard InChI is InChI=1S/C23H21FN4O4/c1-31-23-18(11-25-26-23)13-2-4-17-19(10-13)28(6-7-29)27-21(17)22(30)15-8-14-9-16(24)3-5-20(14)32-12-15/h2-5,9-11,15,29H,6-8,12H2,1H3,(H,25,26). The number of Topliss-reactive ketones (excluding diaryl/α,β-unsaturated/α-hetero) is 1. The Morgan fingerprint density at radius 3 is 3.03 bits per heavy atom. The number of rotatable bonds is 6. The van der Waals surface area contributed by atoms with Crippen molar-refractivity contribution in [2.24, 2.45) is 5.92 Å². The lowest BCUT2D eigenvalue weighted by atomic mass is 9.90. The van der Waals surface area contributed by atoms with Crippen molar-refractivity contribution >= 4 is 16.7 Å². The van der Waals surface area contributed by atoms with Gasteiger partial charge in [0, 0.05) is 5.39 Å². The van der Waals surface area contributed by atoms with E-state index in [4.69, 9.17) is 9.47 Å². The first-order chi connectivity index (χ1) is 15.6. The molecule has 9 heteroatoms. The lowest BCUT2D eigenvalue weighted by Crippen LogP contribution is -2.29. The first-order valence-corrected chi connectivity index (χ1v) is 10.2. The van der Waals surface area contributed by atoms with Crippen LogP contribution >= 0.6 is 0 Å². The van der Waals surface area contributed by atoms with E-state index in [0.29, 0.717) is 40.2 Å². The minimum absolute atomic E-state index is 0.122. The second-order valence-corrected chi connectivity index (χ2v) is 7.67. The number of carbonyl (C=O) groups excluding carboxylic acids is 1. The van der Waals surface area contributed by atoms with Gasteiger partial charge in [-0.25, -0.2) is 9.49 Å². The molecule has 1 aliphatic rings. The highest BCUT2D eigenvalue weighted by Crippen LogP contribution is 2.33. The van der Waals surface area contributed by atoms with Crippen LogP contribution in [0.2, 0.25) is 0 Å². The summed E-state index contributed by atoms with van der Waals surface area (Å²) in [5.74, 6) is 0.123. The van der Waals surface area contributed by atoms with Crippen LogP contribution in [0.15, 0.2) is 42.6 Å². The minimum atomic E-state index is -0.473. The molecule has 0 aliphatic carbocycles. The van der Waals surface area contributed by atoms with Gasteiger partial charge in [-0.15, -0.1) is 0 Å². The largest absolute Gasteiger partial charge is 0.493 e. The van der Waals surface area contributed by atoms with Crippen LogP contribution in [0.1, 0.15) is 16.1 Å². The first-order valence-electron chi connectivity index (χ1n) is 10.2. The van der Waals surface area contributed by atoms with Gasteiger partial charge in [-0.2, -0.15) is 10.2 Å². The van der Waals surface area contributed by atoms with Crippen molar-refractivity contribution in [3.63, 3.8) is 0 Å². The molecule has 32 heavy (non-hydrogen) atoms. The Hall–Kier alpha value is -3.72. The molecule has 1 aliphatic heterocycles. The molecular formula is C23H21FN4O4. The number of H-pyrrole nitrogens is 1. The second kappa shape index (κ2) is 8.08. The zero-order chi connectivity index (χ0) is 22.2. The van der Waals surface area contributed by atoms with Crippen LogP contribution in [0.4, 0.5) is 4.39 Å². The van der Waals surface area contributed by atoms with Crippen LogP contribution in [-0.2, 0) is 13.0 Å². The van der Waals surface area contributed by atoms with E-state index in [-0.39, 0.29) is 31.4 Å². The van der Waals surface area contributed by atoms with E-state index >= 15 is 0 Å². The Morgan fingerprint density at radius 2 is 2.22 bits per heavy atom. The fourth-order valence-electron chi connectivity index (χ4n) is 4.15. The number of benzene rings is 2. The molecule has 0 saturated heterocycles. The zero-order valence-electron chi connectivity index (χ0n) is 17.3. The normalized spacial score (nSPS) is 15.4. The molecular weight excluding hydrogens is 415 g/mol. The number of aliphatic hydroxyl groups excluding tert-OH is 1. The smallest absolute Gasteiger partial charge is 0.216 e. The van der Waals surface area contributed by atoms with Crippen molar-refractivity contribution in [3.05, 3.63) is 59.7 Å². The summed E-state index contributed by atoms with van der Waals surface area (Å²) < 4.78 is 26.3. The van der Waals surface area contributed by atoms with Gasteiger partial charge in [-0.05, 0) is 47.9 Å². The van der Waals surface area contributed by atoms with Crippen molar-refractivity contribution in [2.75, 3.05) is 20.3 Å². The second-order valence-electron chi connectivity index (χ2n) is 7.67. The Bertz CT molecular complexity index is 1310. The number of ketones is 1. The van der Waals surface area contributed by atoms with Crippen molar-refractivity contribution in [3.8, 4) is 22.8 Å². The van der Waals surface area contributed by atoms with Crippen LogP contribution in [-0.4, -0.2) is 51.2 Å². The molecule has 1 unspecified atom stereocenters. The van der Waals surface area contributed by atoms with Gasteiger partial charge < -0.3 is 14.6 Å². The monoisotopic (exact) mass is 436 g/mol. The maximum Gasteiger partial charge on any atom is 0.216 e. The van der Waals surface area contributed by atoms with Gasteiger partial charge in [-0.3, -0.25) is 9.48 Å². The van der Waals surface area contributed by atoms with Gasteiger partial charge in [0.2, 0.25) is 5.88 Å². The molecule has 0 saturated carbocycles. The summed E-state index contributed by atoms with van der Waals surface area (Å²) in [5.41, 5.74) is 3.31. The number of halogens is 1. The number of aromatic nitrogens is 4. The summed E-state index contributed by atoms with van der Waals surface area (Å²) in [4.78, 5) is 13.4. The topological polar surface area (TPSA) is 102 Å². The van der Waals surface area contributed by atoms with E-state index in [9.17, 15) is 14.3 Å². The summed E-state index contributed by atoms with van der Waals surface area (Å²) in [6.45, 7) is 0.323. The molecule has 8 nitrogen and oxygen atoms in total. The van der Waals surface area contributed by atoms with E-state index in [1.807, 2.05) is 18.2 Å². The first kappa shape index (κ1) is 20.2. The summed E-state index contributed by atoms with van der Waals surface area (Å²) in [6.07, 6.45) is 2.04. The van der Waals surface area contributed by atoms with Crippen LogP contribution in [0, 0.1) is 11.7 Å². The van der Waals surface area contributed by atoms with Gasteiger partial charge in [0.15, 0.2) is 5.78 Å². The average molecular weight is 436 g/mol. The lowest BCUT2D eigenvalue weighted by molar-refractivity contribution is 0.0850. The van der Waals surface area contributed by atoms with Crippen molar-refractivity contribution in [1.29, 1.82) is 0 Å². The summed E-state index contributed by atoms with van der Waals surface area (Å²) >= 11 is 0. The SMILES string of the molecule is COc1[nH]ncc1-c1ccc2c(C(=O)C3COc4ccc(F)cc4C3)nn(CCO)c2c1. The Labute approximate surface area is 182 Å². The summed E-state index contributed by atoms with van der Waals surface area (Å²) in [6, 6.07) is 9.94. The Kier molecular flexibility index (Phi) is 5.10. The highest BCUT2D eigenvalue weighted by atomic mass is 19.1. The number of nitrogens with zero attached hydrogens (tertiary/aromatic N) is 3. The number of fused-ring (bicyclic) bond motifs is 2. The van der Waals surface area contributed by atoms with Crippen LogP contribution in [0.5, 0.6) is 11.6 Å². The summed E-state index contributed by atoms with van der Waals surface area (Å²) in [5, 5.41) is 21.5. The zero-order valence-corrected chi connectivity index (χ0v) is 17.3.